The molecular weight excluding hydrogens is 753 g/mol. The Balaban J connectivity index is 0.000000357. The summed E-state index contributed by atoms with van der Waals surface area (Å²) in [5.41, 5.74) is 4.10. The molecule has 0 atom stereocenters. The summed E-state index contributed by atoms with van der Waals surface area (Å²) in [4.78, 5) is 14.0. The van der Waals surface area contributed by atoms with Gasteiger partial charge in [-0.2, -0.15) is 0 Å². The molecule has 3 aromatic carbocycles. The predicted octanol–water partition coefficient (Wildman–Crippen LogP) is 10.7. The van der Waals surface area contributed by atoms with Crippen LogP contribution in [0.25, 0.3) is 0 Å². The molecule has 0 spiro atoms. The zero-order chi connectivity index (χ0) is 44.1. The van der Waals surface area contributed by atoms with Crippen molar-refractivity contribution in [3.8, 4) is 0 Å². The fourth-order valence-electron chi connectivity index (χ4n) is 5.08. The third-order valence-electron chi connectivity index (χ3n) is 8.83. The average molecular weight is 829 g/mol. The van der Waals surface area contributed by atoms with Crippen molar-refractivity contribution in [1.82, 2.24) is 4.90 Å². The van der Waals surface area contributed by atoms with E-state index in [2.05, 4.69) is 90.2 Å². The smallest absolute Gasteiger partial charge is 0.228 e. The predicted molar refractivity (Wildman–Crippen MR) is 242 cm³/mol. The Morgan fingerprint density at radius 1 is 0.632 bits per heavy atom. The molecule has 5 rings (SSSR count). The van der Waals surface area contributed by atoms with Crippen molar-refractivity contribution in [1.29, 1.82) is 0 Å². The molecule has 1 saturated carbocycles. The Morgan fingerprint density at radius 2 is 1.07 bits per heavy atom. The summed E-state index contributed by atoms with van der Waals surface area (Å²) in [5.74, 6) is 0.228. The molecule has 2 fully saturated rings. The van der Waals surface area contributed by atoms with E-state index >= 15 is 0 Å². The van der Waals surface area contributed by atoms with Crippen molar-refractivity contribution in [2.45, 2.75) is 154 Å². The first-order chi connectivity index (χ1) is 25.8. The Hall–Kier alpha value is -3.21. The number of carbonyl (C=O) groups is 1. The summed E-state index contributed by atoms with van der Waals surface area (Å²) in [5, 5.41) is 3.36. The van der Waals surface area contributed by atoms with E-state index < -0.39 is 29.2 Å². The number of hydrogen-bond donors (Lipinski definition) is 1. The van der Waals surface area contributed by atoms with E-state index in [0.717, 1.165) is 25.9 Å². The molecule has 1 amide bonds. The highest BCUT2D eigenvalue weighted by atomic mass is 32.2. The summed E-state index contributed by atoms with van der Waals surface area (Å²) in [6, 6.07) is 27.5. The van der Waals surface area contributed by atoms with Gasteiger partial charge in [-0.25, -0.2) is 16.8 Å². The van der Waals surface area contributed by atoms with Crippen LogP contribution in [0, 0.1) is 12.3 Å². The zero-order valence-corrected chi connectivity index (χ0v) is 39.7. The number of hydrogen-bond acceptors (Lipinski definition) is 7. The highest BCUT2D eigenvalue weighted by Gasteiger charge is 2.43. The van der Waals surface area contributed by atoms with Crippen LogP contribution in [0.2, 0.25) is 0 Å². The van der Waals surface area contributed by atoms with Crippen molar-refractivity contribution < 1.29 is 26.4 Å². The van der Waals surface area contributed by atoms with Gasteiger partial charge in [-0.1, -0.05) is 108 Å². The van der Waals surface area contributed by atoms with Crippen molar-refractivity contribution in [3.63, 3.8) is 0 Å². The second-order valence-corrected chi connectivity index (χ2v) is 25.5. The third-order valence-corrected chi connectivity index (χ3v) is 14.4. The first kappa shape index (κ1) is 51.8. The number of nitrogens with zero attached hydrogens (tertiary/aromatic N) is 1. The molecule has 1 aliphatic heterocycles. The standard InChI is InChI=1S/C11H16.C10H15N.C10H14O2S.C9H17NO2.C7H14O2S/c1-9-5-7-10(8-6-9)11(2,3)4;1-10(2,3)11-9-7-5-4-6-8-9;1-10(2,3)13(11,12)9-7-5-4-6-8-9;1-9(2,3)8(11)10-4-6-12-7-5-10;1-7(2,3)10(8,9)6-4-5-6/h5-8H,1-4H3;4-8,11H,1-3H3;4-8H,1-3H3;4-7H2,1-3H3;6H,4-5H2,1-3H3. The van der Waals surface area contributed by atoms with E-state index in [4.69, 9.17) is 4.74 Å². The molecule has 10 heteroatoms. The number of ether oxygens (including phenoxy) is 1. The molecule has 0 unspecified atom stereocenters. The molecular formula is C47H76N2O6S2. The van der Waals surface area contributed by atoms with E-state index in [1.807, 2.05) is 49.9 Å². The van der Waals surface area contributed by atoms with Crippen LogP contribution in [0.15, 0.2) is 89.8 Å². The van der Waals surface area contributed by atoms with Crippen LogP contribution in [-0.2, 0) is 34.6 Å². The van der Waals surface area contributed by atoms with Gasteiger partial charge in [-0.3, -0.25) is 4.79 Å². The minimum atomic E-state index is -3.18. The topological polar surface area (TPSA) is 110 Å². The van der Waals surface area contributed by atoms with Gasteiger partial charge in [0, 0.05) is 29.7 Å². The van der Waals surface area contributed by atoms with Crippen molar-refractivity contribution in [2.24, 2.45) is 5.41 Å². The largest absolute Gasteiger partial charge is 0.380 e. The van der Waals surface area contributed by atoms with Crippen molar-refractivity contribution >= 4 is 31.3 Å². The van der Waals surface area contributed by atoms with Gasteiger partial charge in [0.05, 0.1) is 32.9 Å². The highest BCUT2D eigenvalue weighted by Crippen LogP contribution is 2.35. The lowest BCUT2D eigenvalue weighted by Crippen LogP contribution is -2.45. The zero-order valence-electron chi connectivity index (χ0n) is 38.1. The fraction of sp³-hybridized carbons (Fsp3) is 0.596. The SMILES string of the molecule is CC(C)(C)C(=O)N1CCOCC1.CC(C)(C)Nc1ccccc1.CC(C)(C)S(=O)(=O)C1CC1.CC(C)(C)S(=O)(=O)c1ccccc1.Cc1ccc(C(C)(C)C)cc1. The maximum Gasteiger partial charge on any atom is 0.228 e. The molecule has 0 aromatic heterocycles. The van der Waals surface area contributed by atoms with Crippen molar-refractivity contribution in [2.75, 3.05) is 31.6 Å². The van der Waals surface area contributed by atoms with Gasteiger partial charge in [0.25, 0.3) is 0 Å². The maximum absolute atomic E-state index is 11.9. The average Bonchev–Trinajstić information content (AvgIpc) is 3.95. The van der Waals surface area contributed by atoms with E-state index in [9.17, 15) is 21.6 Å². The molecule has 1 N–H and O–H groups in total. The Bertz CT molecular complexity index is 1830. The van der Waals surface area contributed by atoms with E-state index in [1.165, 1.54) is 16.8 Å². The van der Waals surface area contributed by atoms with E-state index in [-0.39, 0.29) is 27.5 Å². The lowest BCUT2D eigenvalue weighted by Gasteiger charge is -2.32. The van der Waals surface area contributed by atoms with Crippen LogP contribution < -0.4 is 5.32 Å². The molecule has 322 valence electrons. The molecule has 0 bridgehead atoms. The summed E-state index contributed by atoms with van der Waals surface area (Å²) >= 11 is 0. The Morgan fingerprint density at radius 3 is 1.40 bits per heavy atom. The van der Waals surface area contributed by atoms with Gasteiger partial charge in [-0.05, 0) is 117 Å². The fourth-order valence-corrected chi connectivity index (χ4v) is 8.06. The lowest BCUT2D eigenvalue weighted by atomic mass is 9.87. The molecule has 1 aliphatic carbocycles. The van der Waals surface area contributed by atoms with E-state index in [0.29, 0.717) is 18.1 Å². The van der Waals surface area contributed by atoms with Crippen LogP contribution in [0.4, 0.5) is 5.69 Å². The van der Waals surface area contributed by atoms with Gasteiger partial charge in [0.2, 0.25) is 5.91 Å². The molecule has 1 saturated heterocycles. The normalized spacial score (nSPS) is 15.1. The number of aryl methyl sites for hydroxylation is 1. The quantitative estimate of drug-likeness (QED) is 0.280. The van der Waals surface area contributed by atoms with Gasteiger partial charge in [-0.15, -0.1) is 0 Å². The van der Waals surface area contributed by atoms with Crippen LogP contribution in [-0.4, -0.2) is 74.2 Å². The van der Waals surface area contributed by atoms with Crippen LogP contribution in [0.3, 0.4) is 0 Å². The maximum atomic E-state index is 11.9. The summed E-state index contributed by atoms with van der Waals surface area (Å²) in [7, 11) is -5.98. The highest BCUT2D eigenvalue weighted by molar-refractivity contribution is 7.93. The number of carbonyl (C=O) groups excluding carboxylic acids is 1. The second kappa shape index (κ2) is 21.2. The number of amides is 1. The van der Waals surface area contributed by atoms with E-state index in [1.54, 1.807) is 65.8 Å². The van der Waals surface area contributed by atoms with Crippen LogP contribution >= 0.6 is 0 Å². The summed E-state index contributed by atoms with van der Waals surface area (Å²) < 4.78 is 50.4. The van der Waals surface area contributed by atoms with Gasteiger partial charge < -0.3 is 15.0 Å². The lowest BCUT2D eigenvalue weighted by molar-refractivity contribution is -0.143. The number of morpholine rings is 1. The molecule has 1 heterocycles. The Labute approximate surface area is 348 Å². The summed E-state index contributed by atoms with van der Waals surface area (Å²) in [6.45, 7) is 34.4. The van der Waals surface area contributed by atoms with Crippen LogP contribution in [0.1, 0.15) is 128 Å². The number of nitrogens with one attached hydrogen (secondary N) is 1. The van der Waals surface area contributed by atoms with Gasteiger partial charge in [0.15, 0.2) is 19.7 Å². The number of rotatable bonds is 3. The Kier molecular flexibility index (Phi) is 19.2. The third kappa shape index (κ3) is 18.9. The number of sulfone groups is 2. The molecule has 57 heavy (non-hydrogen) atoms. The van der Waals surface area contributed by atoms with Gasteiger partial charge in [0.1, 0.15) is 0 Å². The minimum Gasteiger partial charge on any atom is -0.380 e. The first-order valence-electron chi connectivity index (χ1n) is 20.1. The molecule has 3 aromatic rings. The number of anilines is 1. The second-order valence-electron chi connectivity index (χ2n) is 19.8. The monoisotopic (exact) mass is 829 g/mol. The summed E-state index contributed by atoms with van der Waals surface area (Å²) in [6.07, 6.45) is 1.75. The minimum absolute atomic E-state index is 0.0208. The van der Waals surface area contributed by atoms with Gasteiger partial charge >= 0.3 is 0 Å². The number of para-hydroxylation sites is 1. The molecule has 8 nitrogen and oxygen atoms in total. The number of benzene rings is 3. The van der Waals surface area contributed by atoms with Crippen molar-refractivity contribution in [3.05, 3.63) is 96.1 Å². The van der Waals surface area contributed by atoms with Crippen LogP contribution in [0.5, 0.6) is 0 Å². The molecule has 2 aliphatic rings. The first-order valence-corrected chi connectivity index (χ1v) is 23.1. The molecule has 0 radical (unpaired) electrons.